The summed E-state index contributed by atoms with van der Waals surface area (Å²) in [6, 6.07) is 12.0. The van der Waals surface area contributed by atoms with Crippen molar-refractivity contribution in [3.63, 3.8) is 0 Å². The Morgan fingerprint density at radius 1 is 1.07 bits per heavy atom. The zero-order valence-corrected chi connectivity index (χ0v) is 17.7. The first-order chi connectivity index (χ1) is 14.5. The third-order valence-electron chi connectivity index (χ3n) is 5.60. The number of amides is 1. The van der Waals surface area contributed by atoms with Crippen LogP contribution >= 0.6 is 0 Å². The van der Waals surface area contributed by atoms with Crippen molar-refractivity contribution in [2.45, 2.75) is 33.7 Å². The Balaban J connectivity index is 1.49. The fraction of sp³-hybridized carbons (Fsp3) is 0.250. The first-order valence-electron chi connectivity index (χ1n) is 9.98. The van der Waals surface area contributed by atoms with Crippen molar-refractivity contribution in [2.24, 2.45) is 0 Å². The van der Waals surface area contributed by atoms with Gasteiger partial charge in [0.2, 0.25) is 5.91 Å². The molecule has 154 valence electrons. The molecule has 6 nitrogen and oxygen atoms in total. The number of methoxy groups -OCH3 is 1. The van der Waals surface area contributed by atoms with Gasteiger partial charge in [-0.3, -0.25) is 9.89 Å². The maximum Gasteiger partial charge on any atom is 0.224 e. The van der Waals surface area contributed by atoms with E-state index in [1.54, 1.807) is 13.3 Å². The Labute approximate surface area is 175 Å². The molecule has 0 fully saturated rings. The van der Waals surface area contributed by atoms with Crippen molar-refractivity contribution < 1.29 is 9.53 Å². The van der Waals surface area contributed by atoms with Gasteiger partial charge in [0.25, 0.3) is 0 Å². The van der Waals surface area contributed by atoms with Crippen LogP contribution in [-0.2, 0) is 17.8 Å². The Morgan fingerprint density at radius 3 is 2.53 bits per heavy atom. The maximum atomic E-state index is 12.8. The minimum atomic E-state index is -0.0122. The molecule has 0 aliphatic rings. The molecule has 3 N–H and O–H groups in total. The highest BCUT2D eigenvalue weighted by molar-refractivity contribution is 5.93. The third kappa shape index (κ3) is 3.68. The minimum Gasteiger partial charge on any atom is -0.497 e. The Morgan fingerprint density at radius 2 is 1.80 bits per heavy atom. The Hall–Kier alpha value is -3.54. The summed E-state index contributed by atoms with van der Waals surface area (Å²) in [5, 5.41) is 11.4. The van der Waals surface area contributed by atoms with Gasteiger partial charge in [-0.15, -0.1) is 0 Å². The van der Waals surface area contributed by atoms with Crippen LogP contribution in [0, 0.1) is 20.8 Å². The van der Waals surface area contributed by atoms with E-state index in [0.717, 1.165) is 44.7 Å². The standard InChI is InChI=1S/C24H26N4O2/c1-14-5-6-15(2)23-22(14)20(16(3)27-23)11-21(29)25-12-18-13-26-28-24(18)17-7-9-19(30-4)10-8-17/h5-10,13,27H,11-12H2,1-4H3,(H,25,29)(H,26,28). The van der Waals surface area contributed by atoms with Gasteiger partial charge >= 0.3 is 0 Å². The highest BCUT2D eigenvalue weighted by atomic mass is 16.5. The van der Waals surface area contributed by atoms with Crippen LogP contribution in [0.25, 0.3) is 22.2 Å². The molecule has 2 heterocycles. The quantitative estimate of drug-likeness (QED) is 0.448. The van der Waals surface area contributed by atoms with E-state index in [1.807, 2.05) is 31.2 Å². The summed E-state index contributed by atoms with van der Waals surface area (Å²) < 4.78 is 5.22. The number of ether oxygens (including phenoxy) is 1. The van der Waals surface area contributed by atoms with Gasteiger partial charge in [0, 0.05) is 34.3 Å². The Kier molecular flexibility index (Phi) is 5.31. The summed E-state index contributed by atoms with van der Waals surface area (Å²) in [6.07, 6.45) is 2.09. The van der Waals surface area contributed by atoms with E-state index < -0.39 is 0 Å². The smallest absolute Gasteiger partial charge is 0.224 e. The normalized spacial score (nSPS) is 11.1. The van der Waals surface area contributed by atoms with Gasteiger partial charge < -0.3 is 15.0 Å². The molecule has 2 aromatic carbocycles. The molecule has 4 rings (SSSR count). The van der Waals surface area contributed by atoms with Crippen LogP contribution in [0.1, 0.15) is 27.9 Å². The molecule has 0 bridgehead atoms. The van der Waals surface area contributed by atoms with Gasteiger partial charge in [-0.05, 0) is 61.7 Å². The van der Waals surface area contributed by atoms with Crippen LogP contribution in [0.5, 0.6) is 5.75 Å². The third-order valence-corrected chi connectivity index (χ3v) is 5.60. The molecule has 4 aromatic rings. The Bertz CT molecular complexity index is 1200. The van der Waals surface area contributed by atoms with E-state index in [9.17, 15) is 4.79 Å². The van der Waals surface area contributed by atoms with Gasteiger partial charge in [-0.25, -0.2) is 0 Å². The molecule has 0 unspecified atom stereocenters. The molecule has 0 aliphatic carbocycles. The lowest BCUT2D eigenvalue weighted by atomic mass is 10.0. The van der Waals surface area contributed by atoms with Crippen molar-refractivity contribution in [1.29, 1.82) is 0 Å². The van der Waals surface area contributed by atoms with E-state index in [0.29, 0.717) is 13.0 Å². The van der Waals surface area contributed by atoms with Crippen LogP contribution in [0.3, 0.4) is 0 Å². The molecule has 0 spiro atoms. The number of carbonyl (C=O) groups excluding carboxylic acids is 1. The number of aromatic nitrogens is 3. The van der Waals surface area contributed by atoms with Crippen LogP contribution in [-0.4, -0.2) is 28.2 Å². The second-order valence-corrected chi connectivity index (χ2v) is 7.63. The first-order valence-corrected chi connectivity index (χ1v) is 9.98. The van der Waals surface area contributed by atoms with Crippen molar-refractivity contribution in [2.75, 3.05) is 7.11 Å². The van der Waals surface area contributed by atoms with Gasteiger partial charge in [0.1, 0.15) is 5.75 Å². The lowest BCUT2D eigenvalue weighted by Gasteiger charge is -2.08. The average Bonchev–Trinajstić information content (AvgIpc) is 3.35. The van der Waals surface area contributed by atoms with E-state index in [4.69, 9.17) is 4.74 Å². The fourth-order valence-corrected chi connectivity index (χ4v) is 3.90. The van der Waals surface area contributed by atoms with Crippen molar-refractivity contribution in [1.82, 2.24) is 20.5 Å². The number of nitrogens with zero attached hydrogens (tertiary/aromatic N) is 1. The highest BCUT2D eigenvalue weighted by Gasteiger charge is 2.16. The SMILES string of the molecule is COc1ccc(-c2[nH]ncc2CNC(=O)Cc2c(C)[nH]c3c(C)ccc(C)c23)cc1. The highest BCUT2D eigenvalue weighted by Crippen LogP contribution is 2.28. The summed E-state index contributed by atoms with van der Waals surface area (Å²) in [5.74, 6) is 0.787. The molecule has 2 aromatic heterocycles. The average molecular weight is 402 g/mol. The number of aryl methyl sites for hydroxylation is 3. The van der Waals surface area contributed by atoms with Gasteiger partial charge in [0.15, 0.2) is 0 Å². The minimum absolute atomic E-state index is 0.0122. The number of aromatic amines is 2. The predicted molar refractivity (Wildman–Crippen MR) is 119 cm³/mol. The number of H-pyrrole nitrogens is 2. The summed E-state index contributed by atoms with van der Waals surface area (Å²) in [5.41, 5.74) is 8.42. The van der Waals surface area contributed by atoms with Crippen LogP contribution in [0.2, 0.25) is 0 Å². The second-order valence-electron chi connectivity index (χ2n) is 7.63. The van der Waals surface area contributed by atoms with E-state index in [1.165, 1.54) is 11.1 Å². The summed E-state index contributed by atoms with van der Waals surface area (Å²) in [7, 11) is 1.64. The number of hydrogen-bond donors (Lipinski definition) is 3. The number of carbonyl (C=O) groups is 1. The van der Waals surface area contributed by atoms with Crippen molar-refractivity contribution in [3.05, 3.63) is 70.5 Å². The number of nitrogens with one attached hydrogen (secondary N) is 3. The molecule has 0 aliphatic heterocycles. The number of rotatable bonds is 6. The molecule has 6 heteroatoms. The van der Waals surface area contributed by atoms with Gasteiger partial charge in [-0.1, -0.05) is 12.1 Å². The molecular weight excluding hydrogens is 376 g/mol. The van der Waals surface area contributed by atoms with E-state index >= 15 is 0 Å². The van der Waals surface area contributed by atoms with Crippen molar-refractivity contribution in [3.8, 4) is 17.0 Å². The summed E-state index contributed by atoms with van der Waals surface area (Å²) in [4.78, 5) is 16.2. The predicted octanol–water partition coefficient (Wildman–Crippen LogP) is 4.35. The molecule has 0 atom stereocenters. The number of hydrogen-bond acceptors (Lipinski definition) is 3. The fourth-order valence-electron chi connectivity index (χ4n) is 3.90. The zero-order chi connectivity index (χ0) is 21.3. The largest absolute Gasteiger partial charge is 0.497 e. The molecule has 30 heavy (non-hydrogen) atoms. The monoisotopic (exact) mass is 402 g/mol. The molecule has 1 amide bonds. The summed E-state index contributed by atoms with van der Waals surface area (Å²) >= 11 is 0. The maximum absolute atomic E-state index is 12.8. The van der Waals surface area contributed by atoms with Crippen LogP contribution < -0.4 is 10.1 Å². The number of fused-ring (bicyclic) bond motifs is 1. The second kappa shape index (κ2) is 8.06. The van der Waals surface area contributed by atoms with E-state index in [2.05, 4.69) is 46.5 Å². The molecule has 0 saturated heterocycles. The van der Waals surface area contributed by atoms with Crippen LogP contribution in [0.4, 0.5) is 0 Å². The van der Waals surface area contributed by atoms with Crippen molar-refractivity contribution >= 4 is 16.8 Å². The summed E-state index contributed by atoms with van der Waals surface area (Å²) in [6.45, 7) is 6.61. The van der Waals surface area contributed by atoms with Gasteiger partial charge in [0.05, 0.1) is 25.4 Å². The zero-order valence-electron chi connectivity index (χ0n) is 17.7. The molecule has 0 radical (unpaired) electrons. The number of benzene rings is 2. The van der Waals surface area contributed by atoms with Gasteiger partial charge in [-0.2, -0.15) is 5.10 Å². The topological polar surface area (TPSA) is 82.8 Å². The van der Waals surface area contributed by atoms with E-state index in [-0.39, 0.29) is 5.91 Å². The lowest BCUT2D eigenvalue weighted by molar-refractivity contribution is -0.120. The lowest BCUT2D eigenvalue weighted by Crippen LogP contribution is -2.24. The van der Waals surface area contributed by atoms with Crippen LogP contribution in [0.15, 0.2) is 42.6 Å². The molecular formula is C24H26N4O2. The first kappa shape index (κ1) is 19.8. The molecule has 0 saturated carbocycles.